The number of phenolic OH excluding ortho intramolecular Hbond substituents is 1. The predicted octanol–water partition coefficient (Wildman–Crippen LogP) is -0.449. The number of amides is 8. The Bertz CT molecular complexity index is 3810. The van der Waals surface area contributed by atoms with E-state index in [4.69, 9.17) is 34.4 Å². The zero-order valence-corrected chi connectivity index (χ0v) is 50.9. The lowest BCUT2D eigenvalue weighted by Gasteiger charge is -2.29. The number of hydrogen-bond donors (Lipinski definition) is 18. The number of primary amides is 1. The van der Waals surface area contributed by atoms with Crippen LogP contribution in [0.25, 0.3) is 32.7 Å². The summed E-state index contributed by atoms with van der Waals surface area (Å²) in [4.78, 5) is 144. The van der Waals surface area contributed by atoms with E-state index in [9.17, 15) is 39.0 Å². The average Bonchev–Trinajstić information content (AvgIpc) is 1.74. The van der Waals surface area contributed by atoms with Crippen molar-refractivity contribution in [3.63, 3.8) is 0 Å². The van der Waals surface area contributed by atoms with Crippen LogP contribution in [0.5, 0.6) is 5.75 Å². The van der Waals surface area contributed by atoms with E-state index >= 15 is 14.4 Å². The van der Waals surface area contributed by atoms with Gasteiger partial charge in [-0.15, -0.1) is 0 Å². The number of nitrogens with two attached hydrogens (primary N) is 6. The number of carbonyl (C=O) groups excluding carboxylic acids is 8. The monoisotopic (exact) mass is 1260 g/mol. The van der Waals surface area contributed by atoms with Crippen LogP contribution in [0.4, 0.5) is 0 Å². The molecule has 29 nitrogen and oxygen atoms in total. The van der Waals surface area contributed by atoms with Crippen molar-refractivity contribution < 1.29 is 53.4 Å². The maximum absolute atomic E-state index is 15.1. The van der Waals surface area contributed by atoms with Gasteiger partial charge in [-0.1, -0.05) is 80.6 Å². The van der Waals surface area contributed by atoms with Crippen molar-refractivity contribution in [2.45, 2.75) is 120 Å². The third kappa shape index (κ3) is 19.5. The number of aromatic nitrogens is 3. The number of aromatic amines is 3. The molecule has 7 aromatic rings. The highest BCUT2D eigenvalue weighted by atomic mass is 16.4. The Hall–Kier alpha value is -11.0. The number of guanidine groups is 2. The van der Waals surface area contributed by atoms with Crippen molar-refractivity contribution >= 4 is 97.9 Å². The van der Waals surface area contributed by atoms with E-state index in [0.717, 1.165) is 21.8 Å². The van der Waals surface area contributed by atoms with Crippen molar-refractivity contribution in [3.05, 3.63) is 138 Å². The molecule has 92 heavy (non-hydrogen) atoms. The van der Waals surface area contributed by atoms with Crippen molar-refractivity contribution in [1.29, 1.82) is 0 Å². The molecule has 3 aromatic heterocycles. The molecule has 0 fully saturated rings. The zero-order chi connectivity index (χ0) is 66.6. The van der Waals surface area contributed by atoms with Gasteiger partial charge in [0, 0.05) is 90.1 Å². The number of rotatable bonds is 34. The van der Waals surface area contributed by atoms with Gasteiger partial charge in [0.25, 0.3) is 0 Å². The first kappa shape index (κ1) is 68.5. The first-order valence-electron chi connectivity index (χ1n) is 29.9. The van der Waals surface area contributed by atoms with Crippen LogP contribution in [0.1, 0.15) is 68.2 Å². The SMILES string of the molecule is CC(C)C(NC(=O)C(Cc1c[nH]c2ccccc12)NC(=O)C(Cc1ccc(O)cc1)NC(=O)C(CC(=O)O)NC(=O)C(N)CCCN=C(N)N)C(=O)NC(Cc1c[nH]c2ccccc12)C(=O)NC(Cc1c[nH]c2ccccc12)C(=O)NC(CCCN=C(N)N)C(N)=O. The van der Waals surface area contributed by atoms with Crippen LogP contribution in [0.15, 0.2) is 126 Å². The largest absolute Gasteiger partial charge is 0.508 e. The maximum Gasteiger partial charge on any atom is 0.305 e. The second-order valence-electron chi connectivity index (χ2n) is 22.7. The van der Waals surface area contributed by atoms with Crippen LogP contribution >= 0.6 is 0 Å². The van der Waals surface area contributed by atoms with Crippen LogP contribution in [0, 0.1) is 5.92 Å². The summed E-state index contributed by atoms with van der Waals surface area (Å²) in [7, 11) is 0. The second kappa shape index (κ2) is 32.5. The number of carboxylic acids is 1. The minimum atomic E-state index is -1.76. The third-order valence-electron chi connectivity index (χ3n) is 15.4. The molecule has 8 atom stereocenters. The summed E-state index contributed by atoms with van der Waals surface area (Å²) in [5.41, 5.74) is 38.0. The van der Waals surface area contributed by atoms with Crippen molar-refractivity contribution in [2.75, 3.05) is 13.1 Å². The molecule has 0 aliphatic carbocycles. The first-order chi connectivity index (χ1) is 43.9. The molecule has 24 N–H and O–H groups in total. The number of aromatic hydroxyl groups is 1. The van der Waals surface area contributed by atoms with E-state index in [-0.39, 0.29) is 82.1 Å². The van der Waals surface area contributed by atoms with E-state index < -0.39 is 114 Å². The normalized spacial score (nSPS) is 13.9. The number of benzene rings is 4. The highest BCUT2D eigenvalue weighted by molar-refractivity contribution is 6.00. The molecule has 0 radical (unpaired) electrons. The van der Waals surface area contributed by atoms with E-state index in [2.05, 4.69) is 62.2 Å². The summed E-state index contributed by atoms with van der Waals surface area (Å²) >= 11 is 0. The highest BCUT2D eigenvalue weighted by Gasteiger charge is 2.37. The van der Waals surface area contributed by atoms with E-state index in [1.165, 1.54) is 24.3 Å². The first-order valence-corrected chi connectivity index (χ1v) is 29.9. The second-order valence-corrected chi connectivity index (χ2v) is 22.7. The average molecular weight is 1270 g/mol. The van der Waals surface area contributed by atoms with Crippen LogP contribution in [0.2, 0.25) is 0 Å². The minimum Gasteiger partial charge on any atom is -0.508 e. The lowest BCUT2D eigenvalue weighted by atomic mass is 9.98. The molecular formula is C63H80N18O11. The van der Waals surface area contributed by atoms with Gasteiger partial charge in [0.05, 0.1) is 12.5 Å². The number of fused-ring (bicyclic) bond motifs is 3. The molecular weight excluding hydrogens is 1180 g/mol. The molecule has 0 saturated carbocycles. The Kier molecular flexibility index (Phi) is 24.2. The molecule has 8 unspecified atom stereocenters. The predicted molar refractivity (Wildman–Crippen MR) is 345 cm³/mol. The highest BCUT2D eigenvalue weighted by Crippen LogP contribution is 2.24. The Morgan fingerprint density at radius 2 is 0.826 bits per heavy atom. The minimum absolute atomic E-state index is 0.0496. The fourth-order valence-corrected chi connectivity index (χ4v) is 10.5. The van der Waals surface area contributed by atoms with Gasteiger partial charge in [0.15, 0.2) is 11.9 Å². The summed E-state index contributed by atoms with van der Waals surface area (Å²) in [5, 5.41) is 41.0. The number of phenols is 1. The van der Waals surface area contributed by atoms with Gasteiger partial charge in [0.2, 0.25) is 47.3 Å². The molecule has 4 aromatic carbocycles. The summed E-state index contributed by atoms with van der Waals surface area (Å²) in [6, 6.07) is 15.9. The molecule has 0 aliphatic heterocycles. The Morgan fingerprint density at radius 3 is 1.24 bits per heavy atom. The fraction of sp³-hybridized carbons (Fsp3) is 0.349. The lowest BCUT2D eigenvalue weighted by molar-refractivity contribution is -0.141. The molecule has 0 aliphatic rings. The zero-order valence-electron chi connectivity index (χ0n) is 50.9. The Balaban J connectivity index is 1.18. The Morgan fingerprint density at radius 1 is 0.457 bits per heavy atom. The number of carboxylic acid groups (broad SMARTS) is 1. The third-order valence-corrected chi connectivity index (χ3v) is 15.4. The summed E-state index contributed by atoms with van der Waals surface area (Å²) in [6.45, 7) is 3.57. The topological polar surface area (TPSA) is 507 Å². The number of para-hydroxylation sites is 3. The molecule has 8 amide bonds. The van der Waals surface area contributed by atoms with Crippen molar-refractivity contribution in [2.24, 2.45) is 50.3 Å². The number of aliphatic carboxylic acids is 1. The smallest absolute Gasteiger partial charge is 0.305 e. The van der Waals surface area contributed by atoms with Gasteiger partial charge in [-0.2, -0.15) is 0 Å². The maximum atomic E-state index is 15.1. The van der Waals surface area contributed by atoms with Gasteiger partial charge in [-0.05, 0) is 84.2 Å². The van der Waals surface area contributed by atoms with Crippen molar-refractivity contribution in [1.82, 2.24) is 52.2 Å². The van der Waals surface area contributed by atoms with E-state index in [0.29, 0.717) is 33.2 Å². The van der Waals surface area contributed by atoms with Gasteiger partial charge in [-0.3, -0.25) is 53.1 Å². The number of hydrogen-bond acceptors (Lipinski definition) is 13. The number of nitrogens with zero attached hydrogens (tertiary/aromatic N) is 2. The molecule has 0 bridgehead atoms. The summed E-state index contributed by atoms with van der Waals surface area (Å²) in [6.07, 6.45) is 3.99. The standard InChI is InChI=1S/C63H80N18O11/c1-33(2)53(61(92)80-49(27-36-31-73-44-16-7-4-12-40(36)44)58(89)78-48(26-35-30-72-43-15-6-3-11-39(35)43)57(88)75-46(54(65)85)18-10-24-71-63(68)69)81-60(91)50(28-37-32-74-45-17-8-5-13-41(37)45)79-56(87)47(25-34-19-21-38(82)22-20-34)77-59(90)51(29-52(83)84)76-55(86)42(64)14-9-23-70-62(66)67/h3-8,11-13,15-17,19-22,30-33,42,46-51,53,72-74,82H,9-10,14,18,23-29,64H2,1-2H3,(H2,65,85)(H,75,88)(H,76,86)(H,77,90)(H,78,89)(H,79,87)(H,80,92)(H,81,91)(H,83,84)(H4,66,67,70)(H4,68,69,71). The van der Waals surface area contributed by atoms with Gasteiger partial charge in [0.1, 0.15) is 48.0 Å². The molecule has 0 saturated heterocycles. The molecule has 29 heteroatoms. The number of carbonyl (C=O) groups is 9. The van der Waals surface area contributed by atoms with Crippen LogP contribution in [0.3, 0.4) is 0 Å². The van der Waals surface area contributed by atoms with Gasteiger partial charge in [-0.25, -0.2) is 0 Å². The van der Waals surface area contributed by atoms with E-state index in [1.807, 2.05) is 42.5 Å². The van der Waals surface area contributed by atoms with E-state index in [1.54, 1.807) is 62.8 Å². The molecule has 7 rings (SSSR count). The van der Waals surface area contributed by atoms with Crippen LogP contribution < -0.4 is 71.6 Å². The summed E-state index contributed by atoms with van der Waals surface area (Å²) < 4.78 is 0. The molecule has 488 valence electrons. The molecule has 0 spiro atoms. The van der Waals surface area contributed by atoms with Crippen LogP contribution in [-0.4, -0.2) is 152 Å². The Labute approximate surface area is 528 Å². The summed E-state index contributed by atoms with van der Waals surface area (Å²) in [5.74, 6) is -9.72. The number of nitrogens with one attached hydrogen (secondary N) is 10. The molecule has 3 heterocycles. The number of H-pyrrole nitrogens is 3. The van der Waals surface area contributed by atoms with Gasteiger partial charge >= 0.3 is 5.97 Å². The number of aliphatic imine (C=N–C) groups is 2. The lowest BCUT2D eigenvalue weighted by Crippen LogP contribution is -2.62. The quantitative estimate of drug-likeness (QED) is 0.0138. The fourth-order valence-electron chi connectivity index (χ4n) is 10.5. The van der Waals surface area contributed by atoms with Crippen LogP contribution in [-0.2, 0) is 68.8 Å². The van der Waals surface area contributed by atoms with Crippen molar-refractivity contribution in [3.8, 4) is 5.75 Å². The van der Waals surface area contributed by atoms with Gasteiger partial charge < -0.3 is 96.8 Å².